The third-order valence-electron chi connectivity index (χ3n) is 3.86. The number of pyridine rings is 1. The van der Waals surface area contributed by atoms with E-state index in [9.17, 15) is 5.11 Å². The second kappa shape index (κ2) is 5.67. The van der Waals surface area contributed by atoms with Gasteiger partial charge in [-0.25, -0.2) is 4.98 Å². The van der Waals surface area contributed by atoms with Gasteiger partial charge in [0.15, 0.2) is 0 Å². The number of fused-ring (bicyclic) bond motifs is 1. The fourth-order valence-corrected chi connectivity index (χ4v) is 2.83. The summed E-state index contributed by atoms with van der Waals surface area (Å²) >= 11 is 0. The van der Waals surface area contributed by atoms with Crippen LogP contribution in [0.4, 0.5) is 0 Å². The SMILES string of the molecule is COc1cccc(Cn2cc3c(c2)C(O)CCCC3)n1. The molecule has 0 amide bonds. The Morgan fingerprint density at radius 2 is 2.25 bits per heavy atom. The Morgan fingerprint density at radius 3 is 3.10 bits per heavy atom. The van der Waals surface area contributed by atoms with Crippen molar-refractivity contribution in [2.45, 2.75) is 38.3 Å². The van der Waals surface area contributed by atoms with E-state index in [0.717, 1.165) is 36.9 Å². The number of aliphatic hydroxyl groups excluding tert-OH is 1. The van der Waals surface area contributed by atoms with Crippen LogP contribution in [0, 0.1) is 0 Å². The minimum Gasteiger partial charge on any atom is -0.481 e. The molecule has 0 radical (unpaired) electrons. The van der Waals surface area contributed by atoms with Crippen LogP contribution in [0.1, 0.15) is 42.2 Å². The zero-order chi connectivity index (χ0) is 13.9. The van der Waals surface area contributed by atoms with Crippen molar-refractivity contribution in [3.05, 3.63) is 47.4 Å². The van der Waals surface area contributed by atoms with Gasteiger partial charge in [-0.2, -0.15) is 0 Å². The standard InChI is InChI=1S/C16H20N2O2/c1-20-16-8-4-6-13(17-16)10-18-9-12-5-2-3-7-15(19)14(12)11-18/h4,6,8-9,11,15,19H,2-3,5,7,10H2,1H3. The number of hydrogen-bond donors (Lipinski definition) is 1. The molecule has 1 unspecified atom stereocenters. The van der Waals surface area contributed by atoms with Gasteiger partial charge in [0, 0.05) is 24.0 Å². The zero-order valence-electron chi connectivity index (χ0n) is 11.7. The van der Waals surface area contributed by atoms with Crippen molar-refractivity contribution in [2.75, 3.05) is 7.11 Å². The summed E-state index contributed by atoms with van der Waals surface area (Å²) in [6.45, 7) is 0.705. The van der Waals surface area contributed by atoms with Gasteiger partial charge in [-0.05, 0) is 30.9 Å². The lowest BCUT2D eigenvalue weighted by atomic mass is 10.1. The number of ether oxygens (including phenoxy) is 1. The summed E-state index contributed by atoms with van der Waals surface area (Å²) in [6, 6.07) is 5.78. The molecule has 0 fully saturated rings. The van der Waals surface area contributed by atoms with Gasteiger partial charge in [0.1, 0.15) is 0 Å². The van der Waals surface area contributed by atoms with Crippen molar-refractivity contribution < 1.29 is 9.84 Å². The van der Waals surface area contributed by atoms with E-state index < -0.39 is 0 Å². The Kier molecular flexibility index (Phi) is 3.74. The monoisotopic (exact) mass is 272 g/mol. The van der Waals surface area contributed by atoms with E-state index >= 15 is 0 Å². The Balaban J connectivity index is 1.83. The molecule has 1 atom stereocenters. The van der Waals surface area contributed by atoms with E-state index in [1.54, 1.807) is 7.11 Å². The minimum atomic E-state index is -0.313. The fraction of sp³-hybridized carbons (Fsp3) is 0.438. The molecule has 1 N–H and O–H groups in total. The molecule has 3 rings (SSSR count). The fourth-order valence-electron chi connectivity index (χ4n) is 2.83. The maximum Gasteiger partial charge on any atom is 0.213 e. The van der Waals surface area contributed by atoms with Gasteiger partial charge in [-0.15, -0.1) is 0 Å². The van der Waals surface area contributed by atoms with Crippen molar-refractivity contribution >= 4 is 0 Å². The topological polar surface area (TPSA) is 47.3 Å². The Hall–Kier alpha value is -1.81. The van der Waals surface area contributed by atoms with Crippen molar-refractivity contribution in [1.82, 2.24) is 9.55 Å². The summed E-state index contributed by atoms with van der Waals surface area (Å²) in [5.41, 5.74) is 3.33. The van der Waals surface area contributed by atoms with Gasteiger partial charge in [0.2, 0.25) is 5.88 Å². The first-order valence-electron chi connectivity index (χ1n) is 7.13. The maximum atomic E-state index is 10.2. The highest BCUT2D eigenvalue weighted by molar-refractivity contribution is 5.28. The van der Waals surface area contributed by atoms with Crippen LogP contribution in [0.25, 0.3) is 0 Å². The summed E-state index contributed by atoms with van der Waals surface area (Å²) in [4.78, 5) is 4.42. The normalized spacial score (nSPS) is 18.4. The van der Waals surface area contributed by atoms with Gasteiger partial charge in [0.05, 0.1) is 25.5 Å². The molecule has 106 valence electrons. The molecule has 0 bridgehead atoms. The molecule has 20 heavy (non-hydrogen) atoms. The molecule has 1 aliphatic carbocycles. The second-order valence-corrected chi connectivity index (χ2v) is 5.34. The van der Waals surface area contributed by atoms with Crippen LogP contribution < -0.4 is 4.74 Å². The zero-order valence-corrected chi connectivity index (χ0v) is 11.7. The molecule has 4 nitrogen and oxygen atoms in total. The van der Waals surface area contributed by atoms with Gasteiger partial charge < -0.3 is 14.4 Å². The first kappa shape index (κ1) is 13.2. The van der Waals surface area contributed by atoms with Crippen LogP contribution in [0.15, 0.2) is 30.6 Å². The van der Waals surface area contributed by atoms with E-state index in [1.807, 2.05) is 18.2 Å². The number of aromatic nitrogens is 2. The number of rotatable bonds is 3. The molecule has 2 aromatic heterocycles. The number of nitrogens with zero attached hydrogens (tertiary/aromatic N) is 2. The maximum absolute atomic E-state index is 10.2. The van der Waals surface area contributed by atoms with Crippen LogP contribution in [0.5, 0.6) is 5.88 Å². The van der Waals surface area contributed by atoms with E-state index in [1.165, 1.54) is 5.56 Å². The Morgan fingerprint density at radius 1 is 1.35 bits per heavy atom. The highest BCUT2D eigenvalue weighted by Crippen LogP contribution is 2.29. The second-order valence-electron chi connectivity index (χ2n) is 5.34. The van der Waals surface area contributed by atoms with E-state index in [0.29, 0.717) is 12.4 Å². The summed E-state index contributed by atoms with van der Waals surface area (Å²) < 4.78 is 7.26. The summed E-state index contributed by atoms with van der Waals surface area (Å²) in [5, 5.41) is 10.2. The molecule has 4 heteroatoms. The molecule has 2 aromatic rings. The summed E-state index contributed by atoms with van der Waals surface area (Å²) in [7, 11) is 1.63. The molecule has 0 aromatic carbocycles. The Bertz CT molecular complexity index is 592. The molecule has 1 aliphatic rings. The predicted molar refractivity (Wildman–Crippen MR) is 76.8 cm³/mol. The molecular formula is C16H20N2O2. The molecule has 2 heterocycles. The van der Waals surface area contributed by atoms with Crippen molar-refractivity contribution in [1.29, 1.82) is 0 Å². The average Bonchev–Trinajstić information content (AvgIpc) is 2.78. The van der Waals surface area contributed by atoms with Crippen molar-refractivity contribution in [3.63, 3.8) is 0 Å². The van der Waals surface area contributed by atoms with Crippen LogP contribution in [-0.4, -0.2) is 21.8 Å². The van der Waals surface area contributed by atoms with Crippen LogP contribution in [0.3, 0.4) is 0 Å². The van der Waals surface area contributed by atoms with E-state index in [2.05, 4.69) is 21.9 Å². The minimum absolute atomic E-state index is 0.313. The number of aliphatic hydroxyl groups is 1. The van der Waals surface area contributed by atoms with Gasteiger partial charge in [-0.3, -0.25) is 0 Å². The molecule has 0 spiro atoms. The van der Waals surface area contributed by atoms with Gasteiger partial charge >= 0.3 is 0 Å². The van der Waals surface area contributed by atoms with Crippen molar-refractivity contribution in [3.8, 4) is 5.88 Å². The lowest BCUT2D eigenvalue weighted by molar-refractivity contribution is 0.166. The highest BCUT2D eigenvalue weighted by atomic mass is 16.5. The lowest BCUT2D eigenvalue weighted by Gasteiger charge is -2.07. The molecular weight excluding hydrogens is 252 g/mol. The van der Waals surface area contributed by atoms with Crippen LogP contribution >= 0.6 is 0 Å². The highest BCUT2D eigenvalue weighted by Gasteiger charge is 2.18. The first-order valence-corrected chi connectivity index (χ1v) is 7.13. The third kappa shape index (κ3) is 2.70. The smallest absolute Gasteiger partial charge is 0.213 e. The Labute approximate surface area is 119 Å². The van der Waals surface area contributed by atoms with Crippen LogP contribution in [-0.2, 0) is 13.0 Å². The first-order chi connectivity index (χ1) is 9.76. The predicted octanol–water partition coefficient (Wildman–Crippen LogP) is 2.70. The summed E-state index contributed by atoms with van der Waals surface area (Å²) in [5.74, 6) is 0.635. The van der Waals surface area contributed by atoms with E-state index in [-0.39, 0.29) is 6.10 Å². The molecule has 0 saturated carbocycles. The van der Waals surface area contributed by atoms with Crippen LogP contribution in [0.2, 0.25) is 0 Å². The summed E-state index contributed by atoms with van der Waals surface area (Å²) in [6.07, 6.45) is 8.09. The number of aryl methyl sites for hydroxylation is 1. The van der Waals surface area contributed by atoms with Gasteiger partial charge in [-0.1, -0.05) is 12.5 Å². The lowest BCUT2D eigenvalue weighted by Crippen LogP contribution is -2.01. The van der Waals surface area contributed by atoms with Crippen molar-refractivity contribution in [2.24, 2.45) is 0 Å². The number of methoxy groups -OCH3 is 1. The average molecular weight is 272 g/mol. The van der Waals surface area contributed by atoms with Gasteiger partial charge in [0.25, 0.3) is 0 Å². The largest absolute Gasteiger partial charge is 0.481 e. The number of hydrogen-bond acceptors (Lipinski definition) is 3. The third-order valence-corrected chi connectivity index (χ3v) is 3.86. The quantitative estimate of drug-likeness (QED) is 0.874. The molecule has 0 aliphatic heterocycles. The van der Waals surface area contributed by atoms with E-state index in [4.69, 9.17) is 4.74 Å². The molecule has 0 saturated heterocycles.